The van der Waals surface area contributed by atoms with E-state index in [1.54, 1.807) is 0 Å². The second-order valence-electron chi connectivity index (χ2n) is 2.54. The zero-order valence-electron chi connectivity index (χ0n) is 8.30. The van der Waals surface area contributed by atoms with Crippen LogP contribution in [0.2, 0.25) is 0 Å². The van der Waals surface area contributed by atoms with E-state index in [4.69, 9.17) is 5.53 Å². The maximum absolute atomic E-state index is 11.0. The minimum absolute atomic E-state index is 0.420. The van der Waals surface area contributed by atoms with E-state index < -0.39 is 30.2 Å². The molecule has 0 saturated carbocycles. The largest absolute Gasteiger partial charge is 0.466 e. The number of carbonyl (C=O) groups excluding carboxylic acids is 3. The first-order valence-electron chi connectivity index (χ1n) is 3.96. The fourth-order valence-electron chi connectivity index (χ4n) is 0.805. The van der Waals surface area contributed by atoms with Gasteiger partial charge in [0.1, 0.15) is 0 Å². The van der Waals surface area contributed by atoms with Crippen LogP contribution in [0.1, 0.15) is 13.3 Å². The molecule has 0 N–H and O–H groups in total. The molecule has 15 heavy (non-hydrogen) atoms. The van der Waals surface area contributed by atoms with Crippen molar-refractivity contribution < 1.29 is 28.6 Å². The lowest BCUT2D eigenvalue weighted by molar-refractivity contribution is -0.165. The Kier molecular flexibility index (Phi) is 5.58. The number of hydrogen-bond acceptors (Lipinski definition) is 5. The number of nitrogens with zero attached hydrogens (tertiary/aromatic N) is 2. The first-order chi connectivity index (χ1) is 7.01. The summed E-state index contributed by atoms with van der Waals surface area (Å²) in [4.78, 5) is 35.1. The maximum atomic E-state index is 11.0. The van der Waals surface area contributed by atoms with E-state index in [-0.39, 0.29) is 0 Å². The lowest BCUT2D eigenvalue weighted by Gasteiger charge is -2.11. The maximum Gasteiger partial charge on any atom is 0.347 e. The summed E-state index contributed by atoms with van der Waals surface area (Å²) in [6.45, 7) is 1.10. The summed E-state index contributed by atoms with van der Waals surface area (Å²) in [5, 5.41) is 0. The van der Waals surface area contributed by atoms with E-state index in [1.165, 1.54) is 0 Å². The van der Waals surface area contributed by atoms with Crippen molar-refractivity contribution in [3.63, 3.8) is 0 Å². The zero-order valence-corrected chi connectivity index (χ0v) is 8.30. The first-order valence-corrected chi connectivity index (χ1v) is 3.96. The third-order valence-corrected chi connectivity index (χ3v) is 1.36. The van der Waals surface area contributed by atoms with Gasteiger partial charge in [-0.3, -0.25) is 9.59 Å². The molecule has 0 saturated heterocycles. The molecule has 0 aliphatic rings. The second kappa shape index (κ2) is 6.44. The Morgan fingerprint density at radius 1 is 1.47 bits per heavy atom. The quantitative estimate of drug-likeness (QED) is 0.261. The summed E-state index contributed by atoms with van der Waals surface area (Å²) in [5.74, 6) is -2.21. The van der Waals surface area contributed by atoms with Gasteiger partial charge in [-0.05, 0) is 0 Å². The normalized spacial score (nSPS) is 10.8. The minimum Gasteiger partial charge on any atom is -0.466 e. The number of Topliss-reactive ketones (excluding diaryl/α,β-unsaturated/α-hetero) is 1. The fourth-order valence-corrected chi connectivity index (χ4v) is 0.805. The number of esters is 2. The van der Waals surface area contributed by atoms with Gasteiger partial charge in [0.05, 0.1) is 13.5 Å². The number of ether oxygens (including phenoxy) is 2. The van der Waals surface area contributed by atoms with E-state index in [1.807, 2.05) is 0 Å². The van der Waals surface area contributed by atoms with Crippen LogP contribution in [0.3, 0.4) is 0 Å². The number of methoxy groups -OCH3 is 1. The van der Waals surface area contributed by atoms with Crippen molar-refractivity contribution in [1.82, 2.24) is 0 Å². The molecule has 0 aliphatic heterocycles. The van der Waals surface area contributed by atoms with E-state index >= 15 is 0 Å². The topological polar surface area (TPSA) is 106 Å². The highest BCUT2D eigenvalue weighted by molar-refractivity contribution is 6.25. The molecule has 0 rings (SSSR count). The van der Waals surface area contributed by atoms with Gasteiger partial charge in [0.25, 0.3) is 0 Å². The van der Waals surface area contributed by atoms with Crippen LogP contribution in [0, 0.1) is 0 Å². The van der Waals surface area contributed by atoms with Gasteiger partial charge in [0.15, 0.2) is 0 Å². The highest BCUT2D eigenvalue weighted by Gasteiger charge is 2.26. The van der Waals surface area contributed by atoms with E-state index in [0.29, 0.717) is 6.21 Å². The van der Waals surface area contributed by atoms with Crippen LogP contribution in [0.4, 0.5) is 0 Å². The average molecular weight is 214 g/mol. The van der Waals surface area contributed by atoms with Gasteiger partial charge in [0.2, 0.25) is 11.9 Å². The molecule has 0 amide bonds. The van der Waals surface area contributed by atoms with E-state index in [9.17, 15) is 14.4 Å². The van der Waals surface area contributed by atoms with Crippen LogP contribution in [0.5, 0.6) is 0 Å². The average Bonchev–Trinajstić information content (AvgIpc) is 2.15. The molecule has 0 bridgehead atoms. The van der Waals surface area contributed by atoms with Crippen LogP contribution in [0.25, 0.3) is 5.53 Å². The van der Waals surface area contributed by atoms with Crippen molar-refractivity contribution in [2.75, 3.05) is 7.11 Å². The Morgan fingerprint density at radius 3 is 2.47 bits per heavy atom. The highest BCUT2D eigenvalue weighted by Crippen LogP contribution is 2.02. The van der Waals surface area contributed by atoms with Crippen molar-refractivity contribution >= 4 is 23.9 Å². The second-order valence-corrected chi connectivity index (χ2v) is 2.54. The zero-order chi connectivity index (χ0) is 11.8. The van der Waals surface area contributed by atoms with Crippen LogP contribution < -0.4 is 0 Å². The van der Waals surface area contributed by atoms with Crippen LogP contribution in [-0.2, 0) is 23.9 Å². The Bertz CT molecular complexity index is 319. The molecule has 0 fully saturated rings. The highest BCUT2D eigenvalue weighted by atomic mass is 16.6. The van der Waals surface area contributed by atoms with Crippen molar-refractivity contribution in [2.24, 2.45) is 0 Å². The molecular weight excluding hydrogens is 204 g/mol. The molecule has 0 aliphatic carbocycles. The summed E-state index contributed by atoms with van der Waals surface area (Å²) < 4.78 is 8.86. The SMILES string of the molecule is COC(=O)[C@H](CC(=O)C=[N+]=[N-])OC(C)=O. The molecule has 7 heteroatoms. The molecular formula is C8H10N2O5. The molecule has 0 spiro atoms. The lowest BCUT2D eigenvalue weighted by atomic mass is 10.2. The summed E-state index contributed by atoms with van der Waals surface area (Å²) >= 11 is 0. The molecule has 7 nitrogen and oxygen atoms in total. The third kappa shape index (κ3) is 5.33. The molecule has 82 valence electrons. The Hall–Kier alpha value is -2.01. The van der Waals surface area contributed by atoms with Gasteiger partial charge in [0, 0.05) is 6.92 Å². The van der Waals surface area contributed by atoms with E-state index in [0.717, 1.165) is 14.0 Å². The monoisotopic (exact) mass is 214 g/mol. The predicted molar refractivity (Wildman–Crippen MR) is 46.9 cm³/mol. The van der Waals surface area contributed by atoms with Crippen molar-refractivity contribution in [3.05, 3.63) is 5.53 Å². The van der Waals surface area contributed by atoms with Gasteiger partial charge in [-0.25, -0.2) is 4.79 Å². The van der Waals surface area contributed by atoms with Crippen LogP contribution in [0.15, 0.2) is 0 Å². The Labute approximate surface area is 85.6 Å². The number of rotatable bonds is 5. The summed E-state index contributed by atoms with van der Waals surface area (Å²) in [6.07, 6.45) is -1.12. The van der Waals surface area contributed by atoms with Gasteiger partial charge < -0.3 is 15.0 Å². The molecule has 0 aromatic rings. The van der Waals surface area contributed by atoms with Crippen molar-refractivity contribution in [2.45, 2.75) is 19.4 Å². The fraction of sp³-hybridized carbons (Fsp3) is 0.500. The van der Waals surface area contributed by atoms with Crippen LogP contribution >= 0.6 is 0 Å². The molecule has 0 heterocycles. The van der Waals surface area contributed by atoms with E-state index in [2.05, 4.69) is 14.3 Å². The summed E-state index contributed by atoms with van der Waals surface area (Å²) in [7, 11) is 1.10. The molecule has 0 unspecified atom stereocenters. The smallest absolute Gasteiger partial charge is 0.347 e. The number of carbonyl (C=O) groups is 3. The lowest BCUT2D eigenvalue weighted by Crippen LogP contribution is -2.30. The predicted octanol–water partition coefficient (Wildman–Crippen LogP) is -0.649. The Morgan fingerprint density at radius 2 is 2.07 bits per heavy atom. The van der Waals surface area contributed by atoms with Gasteiger partial charge in [-0.1, -0.05) is 0 Å². The molecule has 0 aromatic carbocycles. The molecule has 0 aromatic heterocycles. The minimum atomic E-state index is -1.31. The van der Waals surface area contributed by atoms with Crippen molar-refractivity contribution in [3.8, 4) is 0 Å². The Balaban J connectivity index is 4.49. The summed E-state index contributed by atoms with van der Waals surface area (Å²) in [5.41, 5.74) is 8.05. The van der Waals surface area contributed by atoms with Gasteiger partial charge in [-0.2, -0.15) is 4.79 Å². The van der Waals surface area contributed by atoms with Gasteiger partial charge in [-0.15, -0.1) is 0 Å². The standard InChI is InChI=1S/C8H10N2O5/c1-5(11)15-7(8(13)14-2)3-6(12)4-10-9/h4,7H,3H2,1-2H3/t7-/m0/s1. The van der Waals surface area contributed by atoms with Crippen molar-refractivity contribution in [1.29, 1.82) is 0 Å². The number of ketones is 1. The molecule has 0 radical (unpaired) electrons. The van der Waals surface area contributed by atoms with Crippen LogP contribution in [-0.4, -0.2) is 41.9 Å². The third-order valence-electron chi connectivity index (χ3n) is 1.36. The first kappa shape index (κ1) is 13.0. The summed E-state index contributed by atoms with van der Waals surface area (Å²) in [6, 6.07) is 0. The number of hydrogen-bond donors (Lipinski definition) is 0. The van der Waals surface area contributed by atoms with Gasteiger partial charge >= 0.3 is 18.2 Å². The molecule has 1 atom stereocenters.